The summed E-state index contributed by atoms with van der Waals surface area (Å²) in [7, 11) is 0. The maximum Gasteiger partial charge on any atom is 0.306 e. The number of amides is 1. The lowest BCUT2D eigenvalue weighted by Crippen LogP contribution is -2.21. The number of nitrogens with one attached hydrogen (secondary N) is 1. The molecule has 3 rings (SSSR count). The van der Waals surface area contributed by atoms with Crippen LogP contribution in [0.4, 0.5) is 5.69 Å². The molecule has 0 radical (unpaired) electrons. The summed E-state index contributed by atoms with van der Waals surface area (Å²) in [6.45, 7) is -0.245. The van der Waals surface area contributed by atoms with Crippen LogP contribution in [0, 0.1) is 0 Å². The van der Waals surface area contributed by atoms with Gasteiger partial charge in [0.1, 0.15) is 0 Å². The second-order valence-corrected chi connectivity index (χ2v) is 6.03. The van der Waals surface area contributed by atoms with Crippen LogP contribution in [0.25, 0.3) is 0 Å². The molecule has 1 N–H and O–H groups in total. The molecule has 0 aliphatic heterocycles. The van der Waals surface area contributed by atoms with E-state index in [4.69, 9.17) is 4.74 Å². The van der Waals surface area contributed by atoms with E-state index >= 15 is 0 Å². The largest absolute Gasteiger partial charge is 0.456 e. The number of esters is 1. The lowest BCUT2D eigenvalue weighted by molar-refractivity contribution is -0.147. The summed E-state index contributed by atoms with van der Waals surface area (Å²) < 4.78 is 5.04. The third kappa shape index (κ3) is 4.44. The molecule has 4 nitrogen and oxygen atoms in total. The van der Waals surface area contributed by atoms with Gasteiger partial charge in [0, 0.05) is 12.1 Å². The molecule has 0 saturated carbocycles. The highest BCUT2D eigenvalue weighted by molar-refractivity contribution is 5.92. The van der Waals surface area contributed by atoms with Crippen molar-refractivity contribution < 1.29 is 14.3 Å². The van der Waals surface area contributed by atoms with Crippen LogP contribution in [0.2, 0.25) is 0 Å². The van der Waals surface area contributed by atoms with Gasteiger partial charge in [-0.05, 0) is 54.5 Å². The lowest BCUT2D eigenvalue weighted by Gasteiger charge is -2.08. The molecule has 24 heavy (non-hydrogen) atoms. The second-order valence-electron chi connectivity index (χ2n) is 6.03. The first-order valence-electron chi connectivity index (χ1n) is 8.32. The molecule has 0 spiro atoms. The number of aryl methyl sites for hydroxylation is 3. The Morgan fingerprint density at radius 1 is 1.00 bits per heavy atom. The number of anilines is 1. The fraction of sp³-hybridized carbons (Fsp3) is 0.300. The summed E-state index contributed by atoms with van der Waals surface area (Å²) in [6, 6.07) is 15.7. The summed E-state index contributed by atoms with van der Waals surface area (Å²) >= 11 is 0. The second kappa shape index (κ2) is 7.77. The maximum atomic E-state index is 11.9. The van der Waals surface area contributed by atoms with Crippen LogP contribution < -0.4 is 5.32 Å². The zero-order valence-electron chi connectivity index (χ0n) is 13.6. The Labute approximate surface area is 141 Å². The Morgan fingerprint density at radius 3 is 2.62 bits per heavy atom. The fourth-order valence-electron chi connectivity index (χ4n) is 2.96. The summed E-state index contributed by atoms with van der Waals surface area (Å²) in [4.78, 5) is 23.6. The van der Waals surface area contributed by atoms with E-state index in [0.717, 1.165) is 24.1 Å². The highest BCUT2D eigenvalue weighted by Gasteiger charge is 2.12. The summed E-state index contributed by atoms with van der Waals surface area (Å²) in [5.74, 6) is -0.663. The molecule has 1 aliphatic carbocycles. The molecule has 0 aromatic heterocycles. The van der Waals surface area contributed by atoms with Crippen molar-refractivity contribution in [3.05, 3.63) is 65.2 Å². The molecule has 0 unspecified atom stereocenters. The van der Waals surface area contributed by atoms with E-state index in [1.54, 1.807) is 0 Å². The number of ether oxygens (including phenoxy) is 1. The molecule has 4 heteroatoms. The zero-order valence-corrected chi connectivity index (χ0v) is 13.6. The van der Waals surface area contributed by atoms with E-state index in [9.17, 15) is 9.59 Å². The van der Waals surface area contributed by atoms with Gasteiger partial charge in [-0.3, -0.25) is 9.59 Å². The van der Waals surface area contributed by atoms with Crippen molar-refractivity contribution in [3.8, 4) is 0 Å². The molecule has 0 saturated heterocycles. The van der Waals surface area contributed by atoms with Crippen molar-refractivity contribution in [3.63, 3.8) is 0 Å². The summed E-state index contributed by atoms with van der Waals surface area (Å²) in [5.41, 5.74) is 4.51. The third-order valence-corrected chi connectivity index (χ3v) is 4.21. The third-order valence-electron chi connectivity index (χ3n) is 4.21. The molecular weight excluding hydrogens is 302 g/mol. The average Bonchev–Trinajstić information content (AvgIpc) is 3.07. The van der Waals surface area contributed by atoms with E-state index in [0.29, 0.717) is 6.42 Å². The fourth-order valence-corrected chi connectivity index (χ4v) is 2.96. The van der Waals surface area contributed by atoms with E-state index < -0.39 is 0 Å². The number of hydrogen-bond acceptors (Lipinski definition) is 3. The lowest BCUT2D eigenvalue weighted by atomic mass is 10.1. The Kier molecular flexibility index (Phi) is 5.26. The quantitative estimate of drug-likeness (QED) is 0.830. The number of rotatable bonds is 6. The minimum absolute atomic E-state index is 0.245. The van der Waals surface area contributed by atoms with E-state index in [-0.39, 0.29) is 24.9 Å². The highest BCUT2D eigenvalue weighted by atomic mass is 16.5. The van der Waals surface area contributed by atoms with Crippen LogP contribution in [0.3, 0.4) is 0 Å². The van der Waals surface area contributed by atoms with E-state index in [1.807, 2.05) is 42.5 Å². The number of fused-ring (bicyclic) bond motifs is 1. The van der Waals surface area contributed by atoms with E-state index in [1.165, 1.54) is 17.5 Å². The number of carbonyl (C=O) groups is 2. The minimum atomic E-state index is -0.358. The molecule has 124 valence electrons. The SMILES string of the molecule is O=C(COC(=O)CCc1ccccc1)Nc1ccc2c(c1)CCC2. The summed E-state index contributed by atoms with van der Waals surface area (Å²) in [5, 5.41) is 2.78. The van der Waals surface area contributed by atoms with Gasteiger partial charge in [0.15, 0.2) is 6.61 Å². The monoisotopic (exact) mass is 323 g/mol. The first kappa shape index (κ1) is 16.2. The number of carbonyl (C=O) groups excluding carboxylic acids is 2. The van der Waals surface area contributed by atoms with Gasteiger partial charge in [-0.25, -0.2) is 0 Å². The summed E-state index contributed by atoms with van der Waals surface area (Å²) in [6.07, 6.45) is 4.24. The average molecular weight is 323 g/mol. The normalized spacial score (nSPS) is 12.5. The smallest absolute Gasteiger partial charge is 0.306 e. The number of benzene rings is 2. The van der Waals surface area contributed by atoms with Crippen LogP contribution in [0.1, 0.15) is 29.5 Å². The number of hydrogen-bond donors (Lipinski definition) is 1. The van der Waals surface area contributed by atoms with Crippen LogP contribution in [0.5, 0.6) is 0 Å². The Hall–Kier alpha value is -2.62. The van der Waals surface area contributed by atoms with Crippen molar-refractivity contribution in [1.29, 1.82) is 0 Å². The Balaban J connectivity index is 1.41. The van der Waals surface area contributed by atoms with Crippen molar-refractivity contribution in [1.82, 2.24) is 0 Å². The van der Waals surface area contributed by atoms with Gasteiger partial charge in [-0.1, -0.05) is 36.4 Å². The topological polar surface area (TPSA) is 55.4 Å². The zero-order chi connectivity index (χ0) is 16.8. The van der Waals surface area contributed by atoms with Gasteiger partial charge < -0.3 is 10.1 Å². The van der Waals surface area contributed by atoms with Gasteiger partial charge in [-0.15, -0.1) is 0 Å². The predicted octanol–water partition coefficient (Wildman–Crippen LogP) is 3.29. The molecular formula is C20H21NO3. The molecule has 0 bridgehead atoms. The Bertz CT molecular complexity index is 725. The van der Waals surface area contributed by atoms with Crippen LogP contribution >= 0.6 is 0 Å². The van der Waals surface area contributed by atoms with Gasteiger partial charge in [0.05, 0.1) is 0 Å². The van der Waals surface area contributed by atoms with E-state index in [2.05, 4.69) is 11.4 Å². The first-order chi connectivity index (χ1) is 11.7. The minimum Gasteiger partial charge on any atom is -0.456 e. The standard InChI is InChI=1S/C20H21NO3/c22-19(21-18-11-10-16-7-4-8-17(16)13-18)14-24-20(23)12-9-15-5-2-1-3-6-15/h1-3,5-6,10-11,13H,4,7-9,12,14H2,(H,21,22). The first-order valence-corrected chi connectivity index (χ1v) is 8.32. The van der Waals surface area contributed by atoms with Crippen molar-refractivity contribution in [2.24, 2.45) is 0 Å². The van der Waals surface area contributed by atoms with Crippen molar-refractivity contribution in [2.45, 2.75) is 32.1 Å². The molecule has 0 heterocycles. The molecule has 1 amide bonds. The highest BCUT2D eigenvalue weighted by Crippen LogP contribution is 2.24. The van der Waals surface area contributed by atoms with Gasteiger partial charge >= 0.3 is 5.97 Å². The van der Waals surface area contributed by atoms with Gasteiger partial charge in [0.2, 0.25) is 0 Å². The van der Waals surface area contributed by atoms with Crippen LogP contribution in [-0.2, 0) is 33.6 Å². The Morgan fingerprint density at radius 2 is 1.79 bits per heavy atom. The van der Waals surface area contributed by atoms with Gasteiger partial charge in [0.25, 0.3) is 5.91 Å². The molecule has 2 aromatic carbocycles. The molecule has 2 aromatic rings. The van der Waals surface area contributed by atoms with Crippen molar-refractivity contribution >= 4 is 17.6 Å². The maximum absolute atomic E-state index is 11.9. The van der Waals surface area contributed by atoms with Crippen LogP contribution in [-0.4, -0.2) is 18.5 Å². The molecule has 1 aliphatic rings. The molecule has 0 atom stereocenters. The van der Waals surface area contributed by atoms with Crippen LogP contribution in [0.15, 0.2) is 48.5 Å². The molecule has 0 fully saturated rings. The predicted molar refractivity (Wildman–Crippen MR) is 92.8 cm³/mol. The van der Waals surface area contributed by atoms with Crippen molar-refractivity contribution in [2.75, 3.05) is 11.9 Å². The van der Waals surface area contributed by atoms with Gasteiger partial charge in [-0.2, -0.15) is 0 Å².